The molecule has 0 saturated heterocycles. The highest BCUT2D eigenvalue weighted by molar-refractivity contribution is 8.00. The van der Waals surface area contributed by atoms with E-state index in [-0.39, 0.29) is 0 Å². The van der Waals surface area contributed by atoms with Gasteiger partial charge in [-0.15, -0.1) is 0 Å². The molecule has 3 N–H and O–H groups in total. The predicted octanol–water partition coefficient (Wildman–Crippen LogP) is 2.90. The van der Waals surface area contributed by atoms with Crippen molar-refractivity contribution in [1.82, 2.24) is 5.43 Å². The molecule has 3 heteroatoms. The van der Waals surface area contributed by atoms with Gasteiger partial charge in [0.2, 0.25) is 0 Å². The van der Waals surface area contributed by atoms with Gasteiger partial charge in [-0.1, -0.05) is 45.0 Å². The van der Waals surface area contributed by atoms with Crippen molar-refractivity contribution in [3.8, 4) is 0 Å². The van der Waals surface area contributed by atoms with E-state index in [2.05, 4.69) is 57.4 Å². The number of nitrogens with two attached hydrogens (primary N) is 1. The summed E-state index contributed by atoms with van der Waals surface area (Å²) < 4.78 is 0.292. The van der Waals surface area contributed by atoms with Crippen LogP contribution in [0, 0.1) is 6.92 Å². The molecule has 0 amide bonds. The molecule has 0 spiro atoms. The fraction of sp³-hybridized carbons (Fsp3) is 0.571. The number of thioether (sulfide) groups is 1. The second-order valence-corrected chi connectivity index (χ2v) is 7.26. The fourth-order valence-electron chi connectivity index (χ4n) is 1.62. The average molecular weight is 252 g/mol. The fourth-order valence-corrected chi connectivity index (χ4v) is 2.54. The Labute approximate surface area is 109 Å². The van der Waals surface area contributed by atoms with E-state index in [9.17, 15) is 0 Å². The van der Waals surface area contributed by atoms with Crippen LogP contribution in [0.1, 0.15) is 31.9 Å². The van der Waals surface area contributed by atoms with Crippen molar-refractivity contribution in [1.29, 1.82) is 0 Å². The van der Waals surface area contributed by atoms with E-state index >= 15 is 0 Å². The van der Waals surface area contributed by atoms with Crippen LogP contribution >= 0.6 is 11.8 Å². The lowest BCUT2D eigenvalue weighted by molar-refractivity contribution is 0.572. The van der Waals surface area contributed by atoms with Gasteiger partial charge in [0.15, 0.2) is 0 Å². The molecule has 0 fully saturated rings. The van der Waals surface area contributed by atoms with Gasteiger partial charge in [0.1, 0.15) is 0 Å². The standard InChI is InChI=1S/C14H24N2S/c1-11-7-5-6-8-12(11)9-13(16-15)10-17-14(2,3)4/h5-8,13,16H,9-10,15H2,1-4H3. The van der Waals surface area contributed by atoms with Gasteiger partial charge >= 0.3 is 0 Å². The van der Waals surface area contributed by atoms with Gasteiger partial charge in [-0.05, 0) is 24.5 Å². The molecule has 0 aliphatic rings. The van der Waals surface area contributed by atoms with Gasteiger partial charge in [-0.3, -0.25) is 11.3 Å². The van der Waals surface area contributed by atoms with Crippen molar-refractivity contribution in [3.63, 3.8) is 0 Å². The summed E-state index contributed by atoms with van der Waals surface area (Å²) in [6.07, 6.45) is 0.992. The summed E-state index contributed by atoms with van der Waals surface area (Å²) in [5.41, 5.74) is 5.65. The first-order valence-electron chi connectivity index (χ1n) is 6.07. The van der Waals surface area contributed by atoms with Crippen LogP contribution in [0.15, 0.2) is 24.3 Å². The predicted molar refractivity (Wildman–Crippen MR) is 78.2 cm³/mol. The third kappa shape index (κ3) is 5.57. The second kappa shape index (κ2) is 6.43. The minimum Gasteiger partial charge on any atom is -0.271 e. The normalized spacial score (nSPS) is 13.7. The Hall–Kier alpha value is -0.510. The lowest BCUT2D eigenvalue weighted by Gasteiger charge is -2.23. The second-order valence-electron chi connectivity index (χ2n) is 5.42. The van der Waals surface area contributed by atoms with E-state index in [4.69, 9.17) is 5.84 Å². The van der Waals surface area contributed by atoms with Crippen molar-refractivity contribution in [3.05, 3.63) is 35.4 Å². The van der Waals surface area contributed by atoms with Crippen LogP contribution in [0.3, 0.4) is 0 Å². The van der Waals surface area contributed by atoms with Crippen LogP contribution in [-0.4, -0.2) is 16.5 Å². The van der Waals surface area contributed by atoms with Gasteiger partial charge in [0.25, 0.3) is 0 Å². The molecular weight excluding hydrogens is 228 g/mol. The molecule has 0 bridgehead atoms. The summed E-state index contributed by atoms with van der Waals surface area (Å²) in [5.74, 6) is 6.67. The SMILES string of the molecule is Cc1ccccc1CC(CSC(C)(C)C)NN. The van der Waals surface area contributed by atoms with Crippen molar-refractivity contribution < 1.29 is 0 Å². The summed E-state index contributed by atoms with van der Waals surface area (Å²) >= 11 is 1.95. The first kappa shape index (κ1) is 14.6. The number of nitrogens with one attached hydrogen (secondary N) is 1. The molecule has 0 aliphatic heterocycles. The number of hydrogen-bond donors (Lipinski definition) is 2. The zero-order valence-corrected chi connectivity index (χ0v) is 12.1. The molecule has 0 radical (unpaired) electrons. The molecule has 0 aromatic heterocycles. The van der Waals surface area contributed by atoms with E-state index in [1.807, 2.05) is 11.8 Å². The maximum absolute atomic E-state index is 5.64. The van der Waals surface area contributed by atoms with E-state index in [0.717, 1.165) is 12.2 Å². The molecule has 96 valence electrons. The minimum absolute atomic E-state index is 0.292. The van der Waals surface area contributed by atoms with Crippen molar-refractivity contribution in [2.75, 3.05) is 5.75 Å². The molecule has 17 heavy (non-hydrogen) atoms. The maximum atomic E-state index is 5.64. The monoisotopic (exact) mass is 252 g/mol. The van der Waals surface area contributed by atoms with Crippen LogP contribution in [0.4, 0.5) is 0 Å². The molecular formula is C14H24N2S. The van der Waals surface area contributed by atoms with E-state index < -0.39 is 0 Å². The highest BCUT2D eigenvalue weighted by atomic mass is 32.2. The Morgan fingerprint density at radius 2 is 1.94 bits per heavy atom. The molecule has 1 aromatic rings. The zero-order chi connectivity index (χ0) is 12.9. The molecule has 1 atom stereocenters. The van der Waals surface area contributed by atoms with Gasteiger partial charge in [0, 0.05) is 16.5 Å². The van der Waals surface area contributed by atoms with Crippen molar-refractivity contribution in [2.24, 2.45) is 5.84 Å². The topological polar surface area (TPSA) is 38.0 Å². The highest BCUT2D eigenvalue weighted by Crippen LogP contribution is 2.24. The number of aryl methyl sites for hydroxylation is 1. The molecule has 0 heterocycles. The van der Waals surface area contributed by atoms with Gasteiger partial charge in [-0.25, -0.2) is 0 Å². The summed E-state index contributed by atoms with van der Waals surface area (Å²) in [6, 6.07) is 8.84. The highest BCUT2D eigenvalue weighted by Gasteiger charge is 2.15. The zero-order valence-electron chi connectivity index (χ0n) is 11.3. The summed E-state index contributed by atoms with van der Waals surface area (Å²) in [4.78, 5) is 0. The molecule has 1 aromatic carbocycles. The Kier molecular flexibility index (Phi) is 5.50. The molecule has 1 rings (SSSR count). The van der Waals surface area contributed by atoms with Crippen LogP contribution in [-0.2, 0) is 6.42 Å². The number of benzene rings is 1. The van der Waals surface area contributed by atoms with Crippen LogP contribution in [0.25, 0.3) is 0 Å². The van der Waals surface area contributed by atoms with Gasteiger partial charge in [-0.2, -0.15) is 11.8 Å². The first-order valence-corrected chi connectivity index (χ1v) is 7.05. The number of hydrogen-bond acceptors (Lipinski definition) is 3. The minimum atomic E-state index is 0.292. The Bertz CT molecular complexity index is 344. The van der Waals surface area contributed by atoms with Crippen LogP contribution in [0.5, 0.6) is 0 Å². The molecule has 0 aliphatic carbocycles. The van der Waals surface area contributed by atoms with E-state index in [1.54, 1.807) is 0 Å². The Morgan fingerprint density at radius 1 is 1.29 bits per heavy atom. The van der Waals surface area contributed by atoms with Crippen molar-refractivity contribution >= 4 is 11.8 Å². The van der Waals surface area contributed by atoms with Gasteiger partial charge < -0.3 is 0 Å². The Morgan fingerprint density at radius 3 is 2.47 bits per heavy atom. The largest absolute Gasteiger partial charge is 0.271 e. The molecule has 0 saturated carbocycles. The quantitative estimate of drug-likeness (QED) is 0.625. The maximum Gasteiger partial charge on any atom is 0.0341 e. The summed E-state index contributed by atoms with van der Waals surface area (Å²) in [5, 5.41) is 0. The van der Waals surface area contributed by atoms with Crippen LogP contribution < -0.4 is 11.3 Å². The lowest BCUT2D eigenvalue weighted by atomic mass is 10.0. The lowest BCUT2D eigenvalue weighted by Crippen LogP contribution is -2.39. The average Bonchev–Trinajstić information content (AvgIpc) is 2.25. The molecule has 2 nitrogen and oxygen atoms in total. The first-order chi connectivity index (χ1) is 7.92. The van der Waals surface area contributed by atoms with Crippen LogP contribution in [0.2, 0.25) is 0 Å². The number of rotatable bonds is 5. The van der Waals surface area contributed by atoms with E-state index in [0.29, 0.717) is 10.8 Å². The molecule has 1 unspecified atom stereocenters. The number of hydrazine groups is 1. The Balaban J connectivity index is 2.56. The van der Waals surface area contributed by atoms with E-state index in [1.165, 1.54) is 11.1 Å². The third-order valence-corrected chi connectivity index (χ3v) is 4.12. The van der Waals surface area contributed by atoms with Gasteiger partial charge in [0.05, 0.1) is 0 Å². The summed E-state index contributed by atoms with van der Waals surface area (Å²) in [6.45, 7) is 8.86. The summed E-state index contributed by atoms with van der Waals surface area (Å²) in [7, 11) is 0. The smallest absolute Gasteiger partial charge is 0.0341 e. The third-order valence-electron chi connectivity index (χ3n) is 2.68. The van der Waals surface area contributed by atoms with Crippen molar-refractivity contribution in [2.45, 2.75) is 44.9 Å².